The van der Waals surface area contributed by atoms with Crippen molar-refractivity contribution < 1.29 is 0 Å². The Kier molecular flexibility index (Phi) is 4.60. The summed E-state index contributed by atoms with van der Waals surface area (Å²) < 4.78 is 0.118. The third-order valence-corrected chi connectivity index (χ3v) is 6.26. The van der Waals surface area contributed by atoms with Crippen molar-refractivity contribution in [2.45, 2.75) is 29.8 Å². The zero-order chi connectivity index (χ0) is 15.6. The zero-order valence-electron chi connectivity index (χ0n) is 13.8. The molecule has 2 unspecified atom stereocenters. The second kappa shape index (κ2) is 6.47. The van der Waals surface area contributed by atoms with Crippen molar-refractivity contribution in [1.29, 1.82) is 0 Å². The molecule has 0 saturated carbocycles. The fourth-order valence-electron chi connectivity index (χ4n) is 3.56. The Bertz CT molecular complexity index is 623. The lowest BCUT2D eigenvalue weighted by atomic mass is 9.83. The maximum absolute atomic E-state index is 2.35. The number of nitrogens with zero attached hydrogens (tertiary/aromatic N) is 1. The van der Waals surface area contributed by atoms with Crippen LogP contribution in [0.5, 0.6) is 0 Å². The van der Waals surface area contributed by atoms with E-state index in [9.17, 15) is 0 Å². The van der Waals surface area contributed by atoms with E-state index in [1.165, 1.54) is 29.5 Å². The SMILES string of the molecule is CC1SC(CCCN(C)C)(c2ccccc2)c2ccccc21. The monoisotopic (exact) mass is 311 g/mol. The molecule has 1 aliphatic heterocycles. The van der Waals surface area contributed by atoms with Crippen molar-refractivity contribution in [3.8, 4) is 0 Å². The lowest BCUT2D eigenvalue weighted by Crippen LogP contribution is -2.23. The van der Waals surface area contributed by atoms with E-state index in [0.717, 1.165) is 6.54 Å². The van der Waals surface area contributed by atoms with Gasteiger partial charge in [0, 0.05) is 5.25 Å². The quantitative estimate of drug-likeness (QED) is 0.757. The van der Waals surface area contributed by atoms with E-state index >= 15 is 0 Å². The average molecular weight is 311 g/mol. The van der Waals surface area contributed by atoms with Crippen LogP contribution in [0.3, 0.4) is 0 Å². The molecule has 0 N–H and O–H groups in total. The summed E-state index contributed by atoms with van der Waals surface area (Å²) in [6, 6.07) is 20.1. The minimum atomic E-state index is 0.118. The van der Waals surface area contributed by atoms with Crippen molar-refractivity contribution in [1.82, 2.24) is 4.90 Å². The molecule has 0 saturated heterocycles. The van der Waals surface area contributed by atoms with Crippen molar-refractivity contribution in [2.24, 2.45) is 0 Å². The van der Waals surface area contributed by atoms with Gasteiger partial charge in [-0.05, 0) is 57.1 Å². The van der Waals surface area contributed by atoms with Crippen LogP contribution < -0.4 is 0 Å². The van der Waals surface area contributed by atoms with Gasteiger partial charge in [-0.2, -0.15) is 0 Å². The Labute approximate surface area is 138 Å². The average Bonchev–Trinajstić information content (AvgIpc) is 2.82. The Hall–Kier alpha value is -1.25. The Morgan fingerprint density at radius 1 is 1.00 bits per heavy atom. The molecule has 3 rings (SSSR count). The first-order chi connectivity index (χ1) is 10.6. The molecule has 0 fully saturated rings. The molecule has 1 heterocycles. The van der Waals surface area contributed by atoms with E-state index in [-0.39, 0.29) is 4.75 Å². The number of fused-ring (bicyclic) bond motifs is 1. The summed E-state index contributed by atoms with van der Waals surface area (Å²) in [5.41, 5.74) is 4.49. The number of hydrogen-bond donors (Lipinski definition) is 0. The number of thioether (sulfide) groups is 1. The molecule has 1 nitrogen and oxygen atoms in total. The van der Waals surface area contributed by atoms with Crippen LogP contribution in [0.4, 0.5) is 0 Å². The van der Waals surface area contributed by atoms with Crippen LogP contribution in [-0.4, -0.2) is 25.5 Å². The predicted octanol–water partition coefficient (Wildman–Crippen LogP) is 5.08. The van der Waals surface area contributed by atoms with Gasteiger partial charge in [0.1, 0.15) is 0 Å². The minimum absolute atomic E-state index is 0.118. The molecule has 0 aromatic heterocycles. The van der Waals surface area contributed by atoms with E-state index in [0.29, 0.717) is 5.25 Å². The van der Waals surface area contributed by atoms with E-state index < -0.39 is 0 Å². The van der Waals surface area contributed by atoms with Crippen LogP contribution >= 0.6 is 11.8 Å². The van der Waals surface area contributed by atoms with Gasteiger partial charge in [0.05, 0.1) is 4.75 Å². The van der Waals surface area contributed by atoms with Gasteiger partial charge in [-0.25, -0.2) is 0 Å². The molecule has 1 aliphatic rings. The molecule has 22 heavy (non-hydrogen) atoms. The maximum atomic E-state index is 2.35. The first kappa shape index (κ1) is 15.6. The van der Waals surface area contributed by atoms with Crippen LogP contribution in [0, 0.1) is 0 Å². The van der Waals surface area contributed by atoms with Gasteiger partial charge >= 0.3 is 0 Å². The molecule has 0 amide bonds. The van der Waals surface area contributed by atoms with Crippen LogP contribution in [0.2, 0.25) is 0 Å². The number of hydrogen-bond acceptors (Lipinski definition) is 2. The zero-order valence-corrected chi connectivity index (χ0v) is 14.6. The first-order valence-corrected chi connectivity index (χ1v) is 8.99. The maximum Gasteiger partial charge on any atom is 0.0666 e. The molecule has 0 radical (unpaired) electrons. The van der Waals surface area contributed by atoms with Crippen molar-refractivity contribution in [2.75, 3.05) is 20.6 Å². The molecule has 2 aromatic rings. The molecule has 0 bridgehead atoms. The van der Waals surface area contributed by atoms with Crippen LogP contribution in [0.25, 0.3) is 0 Å². The third-order valence-electron chi connectivity index (χ3n) is 4.59. The third kappa shape index (κ3) is 2.82. The summed E-state index contributed by atoms with van der Waals surface area (Å²) in [6.07, 6.45) is 2.41. The number of benzene rings is 2. The second-order valence-corrected chi connectivity index (χ2v) is 8.09. The van der Waals surface area contributed by atoms with Gasteiger partial charge in [0.2, 0.25) is 0 Å². The Balaban J connectivity index is 2.02. The minimum Gasteiger partial charge on any atom is -0.309 e. The number of rotatable bonds is 5. The highest BCUT2D eigenvalue weighted by Gasteiger charge is 2.43. The normalized spacial score (nSPS) is 23.7. The van der Waals surface area contributed by atoms with Gasteiger partial charge in [0.25, 0.3) is 0 Å². The Morgan fingerprint density at radius 2 is 1.68 bits per heavy atom. The van der Waals surface area contributed by atoms with Crippen molar-refractivity contribution >= 4 is 11.8 Å². The Morgan fingerprint density at radius 3 is 2.41 bits per heavy atom. The van der Waals surface area contributed by atoms with Gasteiger partial charge in [-0.1, -0.05) is 54.6 Å². The molecule has 116 valence electrons. The highest BCUT2D eigenvalue weighted by atomic mass is 32.2. The molecular weight excluding hydrogens is 286 g/mol. The largest absolute Gasteiger partial charge is 0.309 e. The topological polar surface area (TPSA) is 3.24 Å². The molecular formula is C20H25NS. The molecule has 0 spiro atoms. The van der Waals surface area contributed by atoms with E-state index in [1.807, 2.05) is 0 Å². The standard InChI is InChI=1S/C20H25NS/c1-16-18-12-7-8-13-19(18)20(22-16,14-9-15-21(2)3)17-10-5-4-6-11-17/h4-8,10-13,16H,9,14-15H2,1-3H3. The van der Waals surface area contributed by atoms with Crippen molar-refractivity contribution in [3.63, 3.8) is 0 Å². The van der Waals surface area contributed by atoms with Gasteiger partial charge in [-0.15, -0.1) is 11.8 Å². The van der Waals surface area contributed by atoms with Crippen LogP contribution in [0.1, 0.15) is 41.7 Å². The molecule has 2 heteroatoms. The van der Waals surface area contributed by atoms with Gasteiger partial charge in [0.15, 0.2) is 0 Å². The van der Waals surface area contributed by atoms with Crippen LogP contribution in [-0.2, 0) is 4.75 Å². The summed E-state index contributed by atoms with van der Waals surface area (Å²) in [5, 5.41) is 0.566. The summed E-state index contributed by atoms with van der Waals surface area (Å²) in [6.45, 7) is 3.49. The summed E-state index contributed by atoms with van der Waals surface area (Å²) in [7, 11) is 4.32. The van der Waals surface area contributed by atoms with Gasteiger partial charge in [-0.3, -0.25) is 0 Å². The first-order valence-electron chi connectivity index (χ1n) is 8.11. The molecule has 0 aliphatic carbocycles. The summed E-state index contributed by atoms with van der Waals surface area (Å²) in [4.78, 5) is 2.29. The fraction of sp³-hybridized carbons (Fsp3) is 0.400. The molecule has 2 aromatic carbocycles. The fourth-order valence-corrected chi connectivity index (χ4v) is 5.34. The lowest BCUT2D eigenvalue weighted by Gasteiger charge is -2.31. The highest BCUT2D eigenvalue weighted by Crippen LogP contribution is 2.59. The highest BCUT2D eigenvalue weighted by molar-refractivity contribution is 8.01. The predicted molar refractivity (Wildman–Crippen MR) is 97.5 cm³/mol. The smallest absolute Gasteiger partial charge is 0.0666 e. The van der Waals surface area contributed by atoms with E-state index in [2.05, 4.69) is 92.3 Å². The van der Waals surface area contributed by atoms with Crippen LogP contribution in [0.15, 0.2) is 54.6 Å². The van der Waals surface area contributed by atoms with E-state index in [1.54, 1.807) is 0 Å². The van der Waals surface area contributed by atoms with Gasteiger partial charge < -0.3 is 4.90 Å². The lowest BCUT2D eigenvalue weighted by molar-refractivity contribution is 0.386. The van der Waals surface area contributed by atoms with Crippen molar-refractivity contribution in [3.05, 3.63) is 71.3 Å². The van der Waals surface area contributed by atoms with E-state index in [4.69, 9.17) is 0 Å². The summed E-state index contributed by atoms with van der Waals surface area (Å²) in [5.74, 6) is 0. The molecule has 2 atom stereocenters. The second-order valence-electron chi connectivity index (χ2n) is 6.45. The summed E-state index contributed by atoms with van der Waals surface area (Å²) >= 11 is 2.13.